The van der Waals surface area contributed by atoms with Gasteiger partial charge in [-0.15, -0.1) is 0 Å². The molecular weight excluding hydrogens is 410 g/mol. The van der Waals surface area contributed by atoms with Gasteiger partial charge in [0.25, 0.3) is 0 Å². The molecule has 0 aliphatic carbocycles. The van der Waals surface area contributed by atoms with Crippen LogP contribution in [0.25, 0.3) is 11.4 Å². The highest BCUT2D eigenvalue weighted by Crippen LogP contribution is 2.17. The highest BCUT2D eigenvalue weighted by Gasteiger charge is 2.16. The van der Waals surface area contributed by atoms with Crippen molar-refractivity contribution in [3.63, 3.8) is 0 Å². The van der Waals surface area contributed by atoms with Crippen molar-refractivity contribution in [3.8, 4) is 11.4 Å². The Balaban J connectivity index is 1.31. The van der Waals surface area contributed by atoms with E-state index in [2.05, 4.69) is 15.0 Å². The SMILES string of the molecule is Cc1ccc(-c2noc(CCN(Cc3ccco3)CC(O)COCc3ccco3)n2)cc1. The molecule has 8 heteroatoms. The quantitative estimate of drug-likeness (QED) is 0.357. The van der Waals surface area contributed by atoms with Crippen LogP contribution in [0.1, 0.15) is 23.0 Å². The van der Waals surface area contributed by atoms with Crippen LogP contribution in [0.5, 0.6) is 0 Å². The van der Waals surface area contributed by atoms with Crippen LogP contribution in [0.15, 0.2) is 74.4 Å². The van der Waals surface area contributed by atoms with Crippen molar-refractivity contribution in [2.45, 2.75) is 32.6 Å². The van der Waals surface area contributed by atoms with Crippen molar-refractivity contribution in [2.24, 2.45) is 0 Å². The smallest absolute Gasteiger partial charge is 0.228 e. The molecule has 0 radical (unpaired) electrons. The van der Waals surface area contributed by atoms with Crippen LogP contribution in [-0.4, -0.2) is 45.9 Å². The topological polar surface area (TPSA) is 97.9 Å². The third-order valence-electron chi connectivity index (χ3n) is 4.98. The zero-order chi connectivity index (χ0) is 22.2. The van der Waals surface area contributed by atoms with E-state index in [1.54, 1.807) is 12.5 Å². The second kappa shape index (κ2) is 10.9. The van der Waals surface area contributed by atoms with E-state index in [0.29, 0.717) is 44.4 Å². The lowest BCUT2D eigenvalue weighted by atomic mass is 10.1. The summed E-state index contributed by atoms with van der Waals surface area (Å²) >= 11 is 0. The fourth-order valence-corrected chi connectivity index (χ4v) is 3.33. The summed E-state index contributed by atoms with van der Waals surface area (Å²) in [7, 11) is 0. The Bertz CT molecular complexity index is 1040. The molecule has 0 amide bonds. The Morgan fingerprint density at radius 3 is 2.50 bits per heavy atom. The number of aliphatic hydroxyl groups excluding tert-OH is 1. The number of aryl methyl sites for hydroxylation is 1. The van der Waals surface area contributed by atoms with Crippen molar-refractivity contribution < 1.29 is 23.2 Å². The van der Waals surface area contributed by atoms with Crippen molar-refractivity contribution in [1.29, 1.82) is 0 Å². The lowest BCUT2D eigenvalue weighted by Crippen LogP contribution is -2.35. The van der Waals surface area contributed by atoms with Gasteiger partial charge in [-0.1, -0.05) is 35.0 Å². The molecule has 4 rings (SSSR count). The Morgan fingerprint density at radius 2 is 1.78 bits per heavy atom. The van der Waals surface area contributed by atoms with Crippen molar-refractivity contribution >= 4 is 0 Å². The summed E-state index contributed by atoms with van der Waals surface area (Å²) < 4.78 is 21.7. The van der Waals surface area contributed by atoms with Gasteiger partial charge in [-0.05, 0) is 31.2 Å². The van der Waals surface area contributed by atoms with Crippen LogP contribution in [-0.2, 0) is 24.3 Å². The van der Waals surface area contributed by atoms with Gasteiger partial charge in [0, 0.05) is 25.1 Å². The molecule has 0 bridgehead atoms. The predicted molar refractivity (Wildman–Crippen MR) is 117 cm³/mol. The van der Waals surface area contributed by atoms with Crippen LogP contribution in [0, 0.1) is 6.92 Å². The number of nitrogens with zero attached hydrogens (tertiary/aromatic N) is 3. The third kappa shape index (κ3) is 6.40. The molecule has 168 valence electrons. The normalized spacial score (nSPS) is 12.5. The summed E-state index contributed by atoms with van der Waals surface area (Å²) in [6.45, 7) is 4.15. The Kier molecular flexibility index (Phi) is 7.50. The van der Waals surface area contributed by atoms with Gasteiger partial charge in [-0.3, -0.25) is 4.90 Å². The number of hydrogen-bond acceptors (Lipinski definition) is 8. The van der Waals surface area contributed by atoms with E-state index in [4.69, 9.17) is 18.1 Å². The van der Waals surface area contributed by atoms with Gasteiger partial charge < -0.3 is 23.2 Å². The summed E-state index contributed by atoms with van der Waals surface area (Å²) in [6.07, 6.45) is 3.13. The average Bonchev–Trinajstić information content (AvgIpc) is 3.56. The zero-order valence-corrected chi connectivity index (χ0v) is 18.0. The molecule has 0 aliphatic rings. The monoisotopic (exact) mass is 437 g/mol. The molecule has 1 aromatic carbocycles. The van der Waals surface area contributed by atoms with E-state index in [0.717, 1.165) is 17.1 Å². The molecule has 0 saturated carbocycles. The zero-order valence-electron chi connectivity index (χ0n) is 18.0. The highest BCUT2D eigenvalue weighted by molar-refractivity contribution is 5.54. The van der Waals surface area contributed by atoms with Gasteiger partial charge in [-0.25, -0.2) is 0 Å². The Morgan fingerprint density at radius 1 is 1.03 bits per heavy atom. The fraction of sp³-hybridized carbons (Fsp3) is 0.333. The summed E-state index contributed by atoms with van der Waals surface area (Å²) in [5, 5.41) is 14.6. The highest BCUT2D eigenvalue weighted by atomic mass is 16.5. The molecular formula is C24H27N3O5. The fourth-order valence-electron chi connectivity index (χ4n) is 3.33. The van der Waals surface area contributed by atoms with Gasteiger partial charge in [0.05, 0.1) is 31.8 Å². The van der Waals surface area contributed by atoms with E-state index in [1.807, 2.05) is 55.5 Å². The minimum Gasteiger partial charge on any atom is -0.468 e. The number of aromatic nitrogens is 2. The molecule has 1 N–H and O–H groups in total. The largest absolute Gasteiger partial charge is 0.468 e. The average molecular weight is 437 g/mol. The first-order valence-corrected chi connectivity index (χ1v) is 10.6. The van der Waals surface area contributed by atoms with Crippen molar-refractivity contribution in [1.82, 2.24) is 15.0 Å². The second-order valence-corrected chi connectivity index (χ2v) is 7.69. The lowest BCUT2D eigenvalue weighted by molar-refractivity contribution is 0.00290. The first kappa shape index (κ1) is 22.0. The summed E-state index contributed by atoms with van der Waals surface area (Å²) in [4.78, 5) is 6.59. The van der Waals surface area contributed by atoms with Gasteiger partial charge in [-0.2, -0.15) is 4.98 Å². The standard InChI is InChI=1S/C24H27N3O5/c1-18-6-8-19(9-7-18)24-25-23(32-26-24)10-11-27(15-21-4-2-12-30-21)14-20(28)16-29-17-22-5-3-13-31-22/h2-9,12-13,20,28H,10-11,14-17H2,1H3. The Labute approximate surface area is 186 Å². The van der Waals surface area contributed by atoms with Gasteiger partial charge in [0.1, 0.15) is 18.1 Å². The molecule has 0 fully saturated rings. The molecule has 4 aromatic rings. The van der Waals surface area contributed by atoms with Gasteiger partial charge >= 0.3 is 0 Å². The molecule has 0 aliphatic heterocycles. The maximum absolute atomic E-state index is 10.5. The van der Waals surface area contributed by atoms with Crippen LogP contribution >= 0.6 is 0 Å². The van der Waals surface area contributed by atoms with Gasteiger partial charge in [0.2, 0.25) is 11.7 Å². The van der Waals surface area contributed by atoms with Gasteiger partial charge in [0.15, 0.2) is 0 Å². The van der Waals surface area contributed by atoms with Crippen LogP contribution in [0.4, 0.5) is 0 Å². The lowest BCUT2D eigenvalue weighted by Gasteiger charge is -2.23. The molecule has 3 aromatic heterocycles. The molecule has 8 nitrogen and oxygen atoms in total. The van der Waals surface area contributed by atoms with E-state index < -0.39 is 6.10 Å². The van der Waals surface area contributed by atoms with E-state index >= 15 is 0 Å². The Hall–Kier alpha value is -3.20. The van der Waals surface area contributed by atoms with E-state index in [9.17, 15) is 5.11 Å². The number of furan rings is 2. The minimum absolute atomic E-state index is 0.202. The second-order valence-electron chi connectivity index (χ2n) is 7.69. The number of ether oxygens (including phenoxy) is 1. The van der Waals surface area contributed by atoms with Crippen molar-refractivity contribution in [3.05, 3.63) is 84.0 Å². The van der Waals surface area contributed by atoms with Crippen LogP contribution < -0.4 is 0 Å². The molecule has 3 heterocycles. The first-order valence-electron chi connectivity index (χ1n) is 10.6. The van der Waals surface area contributed by atoms with Crippen LogP contribution in [0.3, 0.4) is 0 Å². The maximum Gasteiger partial charge on any atom is 0.228 e. The number of rotatable bonds is 12. The minimum atomic E-state index is -0.661. The molecule has 0 saturated heterocycles. The number of aliphatic hydroxyl groups is 1. The predicted octanol–water partition coefficient (Wildman–Crippen LogP) is 3.85. The maximum atomic E-state index is 10.5. The van der Waals surface area contributed by atoms with E-state index in [1.165, 1.54) is 5.56 Å². The molecule has 1 unspecified atom stereocenters. The van der Waals surface area contributed by atoms with Crippen LogP contribution in [0.2, 0.25) is 0 Å². The summed E-state index contributed by atoms with van der Waals surface area (Å²) in [5.74, 6) is 2.67. The molecule has 0 spiro atoms. The van der Waals surface area contributed by atoms with E-state index in [-0.39, 0.29) is 6.61 Å². The molecule has 32 heavy (non-hydrogen) atoms. The number of hydrogen-bond donors (Lipinski definition) is 1. The molecule has 1 atom stereocenters. The first-order chi connectivity index (χ1) is 15.7. The number of benzene rings is 1. The third-order valence-corrected chi connectivity index (χ3v) is 4.98. The van der Waals surface area contributed by atoms with Crippen molar-refractivity contribution in [2.75, 3.05) is 19.7 Å². The summed E-state index contributed by atoms with van der Waals surface area (Å²) in [6, 6.07) is 15.4. The summed E-state index contributed by atoms with van der Waals surface area (Å²) in [5.41, 5.74) is 2.10.